The molecule has 0 aromatic heterocycles. The number of likely N-dealkylation sites (N-methyl/N-ethyl adjacent to an activating group) is 2. The van der Waals surface area contributed by atoms with Gasteiger partial charge < -0.3 is 9.80 Å². The van der Waals surface area contributed by atoms with Crippen LogP contribution in [0.25, 0.3) is 0 Å². The van der Waals surface area contributed by atoms with Crippen molar-refractivity contribution in [2.24, 2.45) is 5.92 Å². The average molecular weight is 381 g/mol. The molecule has 0 aromatic carbocycles. The average Bonchev–Trinajstić information content (AvgIpc) is 3.17. The van der Waals surface area contributed by atoms with Crippen LogP contribution in [0.2, 0.25) is 0 Å². The SMILES string of the molecule is C[C@@H]1CCCN1CCN(C)C(C)(C)CC1CCN(CCN(C)C(C)(C)C)C1. The zero-order chi connectivity index (χ0) is 20.2. The molecule has 0 saturated carbocycles. The van der Waals surface area contributed by atoms with E-state index in [1.54, 1.807) is 0 Å². The van der Waals surface area contributed by atoms with E-state index < -0.39 is 0 Å². The molecule has 2 fully saturated rings. The maximum atomic E-state index is 2.69. The Morgan fingerprint density at radius 3 is 2.15 bits per heavy atom. The second-order valence-electron chi connectivity index (χ2n) is 11.0. The van der Waals surface area contributed by atoms with Gasteiger partial charge in [0.25, 0.3) is 0 Å². The molecule has 0 amide bonds. The van der Waals surface area contributed by atoms with Crippen molar-refractivity contribution in [1.82, 2.24) is 19.6 Å². The summed E-state index contributed by atoms with van der Waals surface area (Å²) in [4.78, 5) is 10.5. The van der Waals surface area contributed by atoms with E-state index in [-0.39, 0.29) is 5.54 Å². The molecule has 2 heterocycles. The lowest BCUT2D eigenvalue weighted by Gasteiger charge is -2.39. The van der Waals surface area contributed by atoms with Gasteiger partial charge in [0.15, 0.2) is 0 Å². The minimum absolute atomic E-state index is 0.274. The molecule has 2 aliphatic heterocycles. The van der Waals surface area contributed by atoms with Crippen molar-refractivity contribution < 1.29 is 0 Å². The van der Waals surface area contributed by atoms with E-state index in [1.165, 1.54) is 71.5 Å². The van der Waals surface area contributed by atoms with Crippen LogP contribution in [-0.4, -0.2) is 96.6 Å². The summed E-state index contributed by atoms with van der Waals surface area (Å²) in [5.41, 5.74) is 0.572. The molecule has 0 aliphatic carbocycles. The van der Waals surface area contributed by atoms with Crippen molar-refractivity contribution in [3.63, 3.8) is 0 Å². The first-order valence-corrected chi connectivity index (χ1v) is 11.4. The number of nitrogens with zero attached hydrogens (tertiary/aromatic N) is 4. The molecule has 0 spiro atoms. The Bertz CT molecular complexity index is 442. The van der Waals surface area contributed by atoms with Crippen LogP contribution in [0.1, 0.15) is 67.2 Å². The predicted molar refractivity (Wildman–Crippen MR) is 119 cm³/mol. The normalized spacial score (nSPS) is 26.0. The fourth-order valence-corrected chi connectivity index (χ4v) is 4.68. The summed E-state index contributed by atoms with van der Waals surface area (Å²) in [6.45, 7) is 22.9. The molecule has 0 radical (unpaired) electrons. The van der Waals surface area contributed by atoms with E-state index in [2.05, 4.69) is 75.2 Å². The molecule has 0 aromatic rings. The van der Waals surface area contributed by atoms with E-state index in [9.17, 15) is 0 Å². The minimum atomic E-state index is 0.274. The van der Waals surface area contributed by atoms with E-state index >= 15 is 0 Å². The van der Waals surface area contributed by atoms with Crippen molar-refractivity contribution in [3.05, 3.63) is 0 Å². The molecule has 0 N–H and O–H groups in total. The molecule has 27 heavy (non-hydrogen) atoms. The third-order valence-corrected chi connectivity index (χ3v) is 7.50. The fraction of sp³-hybridized carbons (Fsp3) is 1.00. The smallest absolute Gasteiger partial charge is 0.0153 e. The van der Waals surface area contributed by atoms with Crippen molar-refractivity contribution in [1.29, 1.82) is 0 Å². The van der Waals surface area contributed by atoms with Gasteiger partial charge in [-0.15, -0.1) is 0 Å². The summed E-state index contributed by atoms with van der Waals surface area (Å²) in [5, 5.41) is 0. The van der Waals surface area contributed by atoms with E-state index in [1.807, 2.05) is 0 Å². The van der Waals surface area contributed by atoms with Gasteiger partial charge in [-0.3, -0.25) is 9.80 Å². The van der Waals surface area contributed by atoms with Gasteiger partial charge in [-0.1, -0.05) is 0 Å². The Labute approximate surface area is 170 Å². The molecule has 160 valence electrons. The Morgan fingerprint density at radius 1 is 0.889 bits per heavy atom. The minimum Gasteiger partial charge on any atom is -0.302 e. The molecule has 2 aliphatic rings. The maximum Gasteiger partial charge on any atom is 0.0153 e. The van der Waals surface area contributed by atoms with Crippen molar-refractivity contribution in [2.45, 2.75) is 84.3 Å². The van der Waals surface area contributed by atoms with Crippen molar-refractivity contribution in [2.75, 3.05) is 59.9 Å². The van der Waals surface area contributed by atoms with Crippen molar-refractivity contribution in [3.8, 4) is 0 Å². The summed E-state index contributed by atoms with van der Waals surface area (Å²) >= 11 is 0. The highest BCUT2D eigenvalue weighted by molar-refractivity contribution is 4.88. The quantitative estimate of drug-likeness (QED) is 0.605. The monoisotopic (exact) mass is 380 g/mol. The molecular formula is C23H48N4. The second-order valence-corrected chi connectivity index (χ2v) is 11.0. The number of likely N-dealkylation sites (tertiary alicyclic amines) is 2. The molecule has 0 bridgehead atoms. The first-order valence-electron chi connectivity index (χ1n) is 11.4. The molecule has 4 heteroatoms. The maximum absolute atomic E-state index is 2.69. The van der Waals surface area contributed by atoms with E-state index in [0.717, 1.165) is 12.0 Å². The van der Waals surface area contributed by atoms with E-state index in [4.69, 9.17) is 0 Å². The number of hydrogen-bond donors (Lipinski definition) is 0. The van der Waals surface area contributed by atoms with Crippen LogP contribution in [0.3, 0.4) is 0 Å². The van der Waals surface area contributed by atoms with Gasteiger partial charge in [0.2, 0.25) is 0 Å². The second kappa shape index (κ2) is 9.56. The first kappa shape index (κ1) is 23.1. The van der Waals surface area contributed by atoms with Gasteiger partial charge in [-0.2, -0.15) is 0 Å². The van der Waals surface area contributed by atoms with Gasteiger partial charge in [0.1, 0.15) is 0 Å². The van der Waals surface area contributed by atoms with Crippen LogP contribution in [0.4, 0.5) is 0 Å². The standard InChI is InChI=1S/C23H48N4/c1-20-10-9-12-27(20)17-15-25(8)23(5,6)18-21-11-13-26(19-21)16-14-24(7)22(2,3)4/h20-21H,9-19H2,1-8H3/t20-,21?/m1/s1. The van der Waals surface area contributed by atoms with Crippen molar-refractivity contribution >= 4 is 0 Å². The molecule has 2 saturated heterocycles. The third kappa shape index (κ3) is 6.99. The van der Waals surface area contributed by atoms with E-state index in [0.29, 0.717) is 5.54 Å². The van der Waals surface area contributed by atoms with Crippen LogP contribution in [-0.2, 0) is 0 Å². The lowest BCUT2D eigenvalue weighted by Crippen LogP contribution is -2.46. The summed E-state index contributed by atoms with van der Waals surface area (Å²) in [6.07, 6.45) is 5.47. The summed E-state index contributed by atoms with van der Waals surface area (Å²) in [5.74, 6) is 0.855. The van der Waals surface area contributed by atoms with Crippen LogP contribution in [0, 0.1) is 5.92 Å². The lowest BCUT2D eigenvalue weighted by atomic mass is 9.88. The highest BCUT2D eigenvalue weighted by Crippen LogP contribution is 2.29. The van der Waals surface area contributed by atoms with Crippen LogP contribution in [0.5, 0.6) is 0 Å². The highest BCUT2D eigenvalue weighted by atomic mass is 15.2. The predicted octanol–water partition coefficient (Wildman–Crippen LogP) is 3.62. The lowest BCUT2D eigenvalue weighted by molar-refractivity contribution is 0.104. The molecular weight excluding hydrogens is 332 g/mol. The Kier molecular flexibility index (Phi) is 8.19. The molecule has 4 nitrogen and oxygen atoms in total. The van der Waals surface area contributed by atoms with Gasteiger partial charge in [-0.05, 0) is 100 Å². The Morgan fingerprint density at radius 2 is 1.56 bits per heavy atom. The van der Waals surface area contributed by atoms with Gasteiger partial charge >= 0.3 is 0 Å². The number of hydrogen-bond acceptors (Lipinski definition) is 4. The van der Waals surface area contributed by atoms with Crippen LogP contribution < -0.4 is 0 Å². The molecule has 1 unspecified atom stereocenters. The Balaban J connectivity index is 1.71. The first-order chi connectivity index (χ1) is 12.5. The largest absolute Gasteiger partial charge is 0.302 e. The molecule has 2 rings (SSSR count). The summed E-state index contributed by atoms with van der Waals surface area (Å²) < 4.78 is 0. The highest BCUT2D eigenvalue weighted by Gasteiger charge is 2.32. The van der Waals surface area contributed by atoms with Crippen LogP contribution in [0.15, 0.2) is 0 Å². The number of rotatable bonds is 9. The Hall–Kier alpha value is -0.160. The van der Waals surface area contributed by atoms with Gasteiger partial charge in [-0.25, -0.2) is 0 Å². The zero-order valence-corrected chi connectivity index (χ0v) is 19.7. The van der Waals surface area contributed by atoms with Crippen LogP contribution >= 0.6 is 0 Å². The molecule has 2 atom stereocenters. The zero-order valence-electron chi connectivity index (χ0n) is 19.7. The topological polar surface area (TPSA) is 13.0 Å². The van der Waals surface area contributed by atoms with Gasteiger partial charge in [0.05, 0.1) is 0 Å². The van der Waals surface area contributed by atoms with Gasteiger partial charge in [0, 0.05) is 49.8 Å². The summed E-state index contributed by atoms with van der Waals surface area (Å²) in [7, 11) is 4.60. The third-order valence-electron chi connectivity index (χ3n) is 7.50. The fourth-order valence-electron chi connectivity index (χ4n) is 4.68. The summed E-state index contributed by atoms with van der Waals surface area (Å²) in [6, 6.07) is 0.788.